The lowest BCUT2D eigenvalue weighted by atomic mass is 9.88. The third-order valence-electron chi connectivity index (χ3n) is 5.18. The lowest BCUT2D eigenvalue weighted by Crippen LogP contribution is -2.26. The zero-order valence-electron chi connectivity index (χ0n) is 14.0. The summed E-state index contributed by atoms with van der Waals surface area (Å²) in [5.74, 6) is 1.77. The third kappa shape index (κ3) is 2.91. The highest BCUT2D eigenvalue weighted by molar-refractivity contribution is 5.67. The lowest BCUT2D eigenvalue weighted by molar-refractivity contribution is 0.149. The minimum Gasteiger partial charge on any atom is -0.412 e. The number of nitrogens with zero attached hydrogens (tertiary/aromatic N) is 2. The van der Waals surface area contributed by atoms with Gasteiger partial charge in [0, 0.05) is 11.3 Å². The molecule has 2 heterocycles. The minimum atomic E-state index is 0.437. The van der Waals surface area contributed by atoms with E-state index in [-0.39, 0.29) is 0 Å². The third-order valence-corrected chi connectivity index (χ3v) is 5.18. The van der Waals surface area contributed by atoms with Crippen molar-refractivity contribution in [3.05, 3.63) is 47.2 Å². The van der Waals surface area contributed by atoms with E-state index in [4.69, 9.17) is 0 Å². The number of allylic oxidation sites excluding steroid dienone is 1. The predicted molar refractivity (Wildman–Crippen MR) is 96.0 cm³/mol. The van der Waals surface area contributed by atoms with Gasteiger partial charge < -0.3 is 15.8 Å². The van der Waals surface area contributed by atoms with Crippen LogP contribution in [-0.4, -0.2) is 28.2 Å². The van der Waals surface area contributed by atoms with Crippen LogP contribution in [0.2, 0.25) is 0 Å². The number of hydrogen-bond donors (Lipinski definition) is 3. The molecule has 0 bridgehead atoms. The van der Waals surface area contributed by atoms with Gasteiger partial charge in [-0.15, -0.1) is 9.94 Å². The van der Waals surface area contributed by atoms with Gasteiger partial charge in [-0.25, -0.2) is 0 Å². The Labute approximate surface area is 142 Å². The summed E-state index contributed by atoms with van der Waals surface area (Å²) in [5.41, 5.74) is 4.78. The van der Waals surface area contributed by atoms with Crippen LogP contribution in [0.3, 0.4) is 0 Å². The van der Waals surface area contributed by atoms with E-state index in [2.05, 4.69) is 53.0 Å². The van der Waals surface area contributed by atoms with Gasteiger partial charge in [-0.05, 0) is 67.4 Å². The molecule has 1 saturated heterocycles. The molecule has 0 amide bonds. The molecule has 2 aliphatic rings. The van der Waals surface area contributed by atoms with Crippen molar-refractivity contribution in [1.82, 2.24) is 15.3 Å². The summed E-state index contributed by atoms with van der Waals surface area (Å²) < 4.78 is 0. The minimum absolute atomic E-state index is 0.437. The summed E-state index contributed by atoms with van der Waals surface area (Å²) in [6.45, 7) is 4.29. The second-order valence-electron chi connectivity index (χ2n) is 6.89. The van der Waals surface area contributed by atoms with E-state index in [9.17, 15) is 5.21 Å². The Morgan fingerprint density at radius 3 is 2.92 bits per heavy atom. The Balaban J connectivity index is 1.61. The maximum Gasteiger partial charge on any atom is 0.159 e. The van der Waals surface area contributed by atoms with Gasteiger partial charge in [0.15, 0.2) is 5.82 Å². The Hall–Kier alpha value is -2.27. The van der Waals surface area contributed by atoms with Gasteiger partial charge in [0.2, 0.25) is 0 Å². The molecular formula is C19H24N4O. The summed E-state index contributed by atoms with van der Waals surface area (Å²) in [6.07, 6.45) is 9.42. The summed E-state index contributed by atoms with van der Waals surface area (Å²) in [4.78, 5) is 0.931. The average Bonchev–Trinajstić information content (AvgIpc) is 2.96. The number of benzene rings is 1. The van der Waals surface area contributed by atoms with Gasteiger partial charge in [0.25, 0.3) is 0 Å². The molecule has 1 aromatic heterocycles. The molecule has 5 nitrogen and oxygen atoms in total. The Kier molecular flexibility index (Phi) is 4.02. The molecule has 3 N–H and O–H groups in total. The smallest absolute Gasteiger partial charge is 0.159 e. The second-order valence-corrected chi connectivity index (χ2v) is 6.89. The zero-order valence-corrected chi connectivity index (χ0v) is 14.0. The SMILES string of the molecule is CC1CC=Cc2cc(Nc3nn(O)cc3C3CCNCC3)ccc21. The van der Waals surface area contributed by atoms with Crippen LogP contribution < -0.4 is 10.6 Å². The van der Waals surface area contributed by atoms with Crippen molar-refractivity contribution in [2.75, 3.05) is 18.4 Å². The molecule has 1 aliphatic carbocycles. The standard InChI is InChI=1S/C19H24N4O/c1-13-3-2-4-15-11-16(5-6-17(13)15)21-19-18(12-23(24)22-19)14-7-9-20-10-8-14/h2,4-6,11-14,20,24H,3,7-10H2,1H3,(H,21,22). The summed E-state index contributed by atoms with van der Waals surface area (Å²) in [5, 5.41) is 20.8. The van der Waals surface area contributed by atoms with Crippen molar-refractivity contribution in [2.24, 2.45) is 0 Å². The normalized spacial score (nSPS) is 20.8. The fraction of sp³-hybridized carbons (Fsp3) is 0.421. The average molecular weight is 324 g/mol. The van der Waals surface area contributed by atoms with Crippen molar-refractivity contribution < 1.29 is 5.21 Å². The lowest BCUT2D eigenvalue weighted by Gasteiger charge is -2.23. The molecule has 126 valence electrons. The van der Waals surface area contributed by atoms with Crippen molar-refractivity contribution in [1.29, 1.82) is 0 Å². The molecule has 1 atom stereocenters. The highest BCUT2D eigenvalue weighted by atomic mass is 16.5. The van der Waals surface area contributed by atoms with Gasteiger partial charge in [-0.1, -0.05) is 25.1 Å². The van der Waals surface area contributed by atoms with Crippen molar-refractivity contribution in [2.45, 2.75) is 38.0 Å². The van der Waals surface area contributed by atoms with E-state index in [1.165, 1.54) is 11.1 Å². The number of aromatic nitrogens is 2. The van der Waals surface area contributed by atoms with Crippen LogP contribution in [0.15, 0.2) is 30.5 Å². The Bertz CT molecular complexity index is 759. The summed E-state index contributed by atoms with van der Waals surface area (Å²) >= 11 is 0. The van der Waals surface area contributed by atoms with Crippen LogP contribution in [0.4, 0.5) is 11.5 Å². The second kappa shape index (κ2) is 6.32. The molecule has 0 spiro atoms. The van der Waals surface area contributed by atoms with Crippen LogP contribution >= 0.6 is 0 Å². The summed E-state index contributed by atoms with van der Waals surface area (Å²) in [6, 6.07) is 6.48. The zero-order chi connectivity index (χ0) is 16.5. The van der Waals surface area contributed by atoms with Crippen LogP contribution in [0.25, 0.3) is 6.08 Å². The first-order valence-corrected chi connectivity index (χ1v) is 8.78. The van der Waals surface area contributed by atoms with E-state index in [1.807, 2.05) is 0 Å². The first-order valence-electron chi connectivity index (χ1n) is 8.78. The molecule has 24 heavy (non-hydrogen) atoms. The number of rotatable bonds is 3. The largest absolute Gasteiger partial charge is 0.412 e. The fourth-order valence-electron chi connectivity index (χ4n) is 3.81. The fourth-order valence-corrected chi connectivity index (χ4v) is 3.81. The molecule has 1 aliphatic heterocycles. The maximum absolute atomic E-state index is 9.81. The number of anilines is 2. The van der Waals surface area contributed by atoms with E-state index in [1.54, 1.807) is 6.20 Å². The highest BCUT2D eigenvalue weighted by Gasteiger charge is 2.22. The van der Waals surface area contributed by atoms with Gasteiger partial charge in [0.05, 0.1) is 6.20 Å². The number of hydrogen-bond acceptors (Lipinski definition) is 4. The molecule has 1 unspecified atom stereocenters. The van der Waals surface area contributed by atoms with Crippen LogP contribution in [0, 0.1) is 0 Å². The Morgan fingerprint density at radius 2 is 2.08 bits per heavy atom. The number of nitrogens with one attached hydrogen (secondary N) is 2. The molecule has 4 rings (SSSR count). The molecule has 1 fully saturated rings. The van der Waals surface area contributed by atoms with Gasteiger partial charge in [0.1, 0.15) is 0 Å². The van der Waals surface area contributed by atoms with Gasteiger partial charge in [-0.3, -0.25) is 0 Å². The van der Waals surface area contributed by atoms with E-state index >= 15 is 0 Å². The number of fused-ring (bicyclic) bond motifs is 1. The van der Waals surface area contributed by atoms with E-state index in [0.29, 0.717) is 11.8 Å². The molecule has 2 aromatic rings. The quantitative estimate of drug-likeness (QED) is 0.751. The molecule has 0 radical (unpaired) electrons. The van der Waals surface area contributed by atoms with E-state index < -0.39 is 0 Å². The highest BCUT2D eigenvalue weighted by Crippen LogP contribution is 2.34. The molecule has 0 saturated carbocycles. The maximum atomic E-state index is 9.81. The number of piperidine rings is 1. The van der Waals surface area contributed by atoms with E-state index in [0.717, 1.165) is 54.3 Å². The molecular weight excluding hydrogens is 300 g/mol. The van der Waals surface area contributed by atoms with Crippen LogP contribution in [-0.2, 0) is 0 Å². The predicted octanol–water partition coefficient (Wildman–Crippen LogP) is 3.85. The molecule has 5 heteroatoms. The van der Waals surface area contributed by atoms with Gasteiger partial charge in [-0.2, -0.15) is 0 Å². The van der Waals surface area contributed by atoms with Crippen LogP contribution in [0.5, 0.6) is 0 Å². The topological polar surface area (TPSA) is 62.1 Å². The van der Waals surface area contributed by atoms with Crippen LogP contribution in [0.1, 0.15) is 54.7 Å². The van der Waals surface area contributed by atoms with Crippen molar-refractivity contribution in [3.8, 4) is 0 Å². The van der Waals surface area contributed by atoms with Crippen molar-refractivity contribution >= 4 is 17.6 Å². The molecule has 1 aromatic carbocycles. The Morgan fingerprint density at radius 1 is 1.25 bits per heavy atom. The van der Waals surface area contributed by atoms with Crippen molar-refractivity contribution in [3.63, 3.8) is 0 Å². The first-order chi connectivity index (χ1) is 11.7. The monoisotopic (exact) mass is 324 g/mol. The summed E-state index contributed by atoms with van der Waals surface area (Å²) in [7, 11) is 0. The first kappa shape index (κ1) is 15.3. The van der Waals surface area contributed by atoms with Gasteiger partial charge >= 0.3 is 0 Å².